The molecule has 0 N–H and O–H groups in total. The SMILES string of the molecule is c1ccc(Cc2ccc(-c3ccccc3Sc3ccc(-c4cc5c(c(-c6ccccc6)c4-c4ccccc4)Cc4ccccc4-5)cc3)c3c2-c2ccccc2C3)cc1. The number of benzene rings is 9. The Balaban J connectivity index is 0.996. The van der Waals surface area contributed by atoms with E-state index in [2.05, 4.69) is 206 Å². The molecule has 9 aromatic carbocycles. The predicted molar refractivity (Wildman–Crippen MR) is 244 cm³/mol. The van der Waals surface area contributed by atoms with Crippen molar-refractivity contribution in [2.45, 2.75) is 29.1 Å². The zero-order valence-electron chi connectivity index (χ0n) is 32.2. The summed E-state index contributed by atoms with van der Waals surface area (Å²) in [6.07, 6.45) is 2.82. The van der Waals surface area contributed by atoms with E-state index in [1.54, 1.807) is 0 Å². The Hall–Kier alpha value is -6.67. The Bertz CT molecular complexity index is 2960. The molecule has 0 amide bonds. The first-order chi connectivity index (χ1) is 28.8. The third kappa shape index (κ3) is 6.11. The predicted octanol–water partition coefficient (Wildman–Crippen LogP) is 15.2. The third-order valence-electron chi connectivity index (χ3n) is 12.1. The molecule has 2 aliphatic rings. The van der Waals surface area contributed by atoms with Gasteiger partial charge in [0.1, 0.15) is 0 Å². The highest BCUT2D eigenvalue weighted by molar-refractivity contribution is 7.99. The first kappa shape index (κ1) is 34.6. The Morgan fingerprint density at radius 3 is 1.60 bits per heavy atom. The Morgan fingerprint density at radius 2 is 0.897 bits per heavy atom. The van der Waals surface area contributed by atoms with Gasteiger partial charge in [-0.25, -0.2) is 0 Å². The standard InChI is InChI=1S/C57H40S/c1-4-16-38(17-5-1)34-44-30-33-48(52-36-43-23-11-13-25-47(43)55(44)52)49-26-14-15-27-54(49)58-45-31-28-39(29-32-45)50-37-51-46-24-12-10-22-42(46)35-53(51)57(41-20-8-3-9-21-41)56(50)40-18-6-2-7-19-40/h1-33,37H,34-36H2. The van der Waals surface area contributed by atoms with Crippen LogP contribution < -0.4 is 0 Å². The van der Waals surface area contributed by atoms with Crippen LogP contribution in [0, 0.1) is 0 Å². The van der Waals surface area contributed by atoms with Crippen molar-refractivity contribution in [1.82, 2.24) is 0 Å². The van der Waals surface area contributed by atoms with Gasteiger partial charge in [-0.05, 0) is 144 Å². The summed E-state index contributed by atoms with van der Waals surface area (Å²) in [6.45, 7) is 0. The van der Waals surface area contributed by atoms with Crippen LogP contribution in [0.2, 0.25) is 0 Å². The number of fused-ring (bicyclic) bond motifs is 6. The summed E-state index contributed by atoms with van der Waals surface area (Å²) < 4.78 is 0. The van der Waals surface area contributed by atoms with Gasteiger partial charge in [0.05, 0.1) is 0 Å². The Morgan fingerprint density at radius 1 is 0.345 bits per heavy atom. The van der Waals surface area contributed by atoms with E-state index in [9.17, 15) is 0 Å². The van der Waals surface area contributed by atoms with E-state index < -0.39 is 0 Å². The van der Waals surface area contributed by atoms with E-state index in [1.165, 1.54) is 110 Å². The van der Waals surface area contributed by atoms with Gasteiger partial charge in [-0.15, -0.1) is 0 Å². The van der Waals surface area contributed by atoms with Crippen LogP contribution >= 0.6 is 11.8 Å². The van der Waals surface area contributed by atoms with Crippen molar-refractivity contribution in [3.8, 4) is 66.8 Å². The van der Waals surface area contributed by atoms with Crippen LogP contribution in [-0.2, 0) is 19.3 Å². The molecule has 9 aromatic rings. The van der Waals surface area contributed by atoms with Gasteiger partial charge in [0, 0.05) is 9.79 Å². The maximum absolute atomic E-state index is 2.47. The van der Waals surface area contributed by atoms with Crippen LogP contribution in [-0.4, -0.2) is 0 Å². The zero-order chi connectivity index (χ0) is 38.4. The van der Waals surface area contributed by atoms with Crippen LogP contribution in [0.1, 0.15) is 33.4 Å². The lowest BCUT2D eigenvalue weighted by atomic mass is 9.82. The minimum Gasteiger partial charge on any atom is -0.0895 e. The number of hydrogen-bond acceptors (Lipinski definition) is 1. The molecule has 0 spiro atoms. The number of rotatable bonds is 8. The lowest BCUT2D eigenvalue weighted by Gasteiger charge is -2.21. The van der Waals surface area contributed by atoms with Crippen LogP contribution in [0.15, 0.2) is 216 Å². The molecule has 274 valence electrons. The molecule has 0 heterocycles. The Labute approximate surface area is 345 Å². The summed E-state index contributed by atoms with van der Waals surface area (Å²) >= 11 is 1.86. The topological polar surface area (TPSA) is 0 Å². The first-order valence-corrected chi connectivity index (χ1v) is 21.1. The monoisotopic (exact) mass is 756 g/mol. The lowest BCUT2D eigenvalue weighted by molar-refractivity contribution is 1.18. The first-order valence-electron chi connectivity index (χ1n) is 20.3. The van der Waals surface area contributed by atoms with E-state index >= 15 is 0 Å². The van der Waals surface area contributed by atoms with Crippen molar-refractivity contribution in [2.24, 2.45) is 0 Å². The second kappa shape index (κ2) is 14.7. The molecule has 1 heteroatoms. The van der Waals surface area contributed by atoms with Gasteiger partial charge in [0.25, 0.3) is 0 Å². The zero-order valence-corrected chi connectivity index (χ0v) is 33.0. The molecule has 0 bridgehead atoms. The fourth-order valence-electron chi connectivity index (χ4n) is 9.48. The van der Waals surface area contributed by atoms with E-state index in [4.69, 9.17) is 0 Å². The highest BCUT2D eigenvalue weighted by Gasteiger charge is 2.28. The molecule has 2 aliphatic carbocycles. The summed E-state index contributed by atoms with van der Waals surface area (Å²) in [6, 6.07) is 76.3. The van der Waals surface area contributed by atoms with Crippen LogP contribution in [0.25, 0.3) is 66.8 Å². The maximum Gasteiger partial charge on any atom is 0.0200 e. The summed E-state index contributed by atoms with van der Waals surface area (Å²) in [5.41, 5.74) is 24.2. The van der Waals surface area contributed by atoms with Crippen molar-refractivity contribution >= 4 is 11.8 Å². The highest BCUT2D eigenvalue weighted by Crippen LogP contribution is 2.51. The van der Waals surface area contributed by atoms with E-state index in [-0.39, 0.29) is 0 Å². The van der Waals surface area contributed by atoms with Crippen molar-refractivity contribution < 1.29 is 0 Å². The molecule has 0 saturated carbocycles. The maximum atomic E-state index is 2.47. The van der Waals surface area contributed by atoms with E-state index in [0.717, 1.165) is 19.3 Å². The molecule has 0 unspecified atom stereocenters. The minimum atomic E-state index is 0.927. The molecule has 11 rings (SSSR count). The Kier molecular flexibility index (Phi) is 8.75. The molecule has 0 fully saturated rings. The van der Waals surface area contributed by atoms with Crippen LogP contribution in [0.5, 0.6) is 0 Å². The molecule has 0 aliphatic heterocycles. The fraction of sp³-hybridized carbons (Fsp3) is 0.0526. The molecular formula is C57H40S. The summed E-state index contributed by atoms with van der Waals surface area (Å²) in [4.78, 5) is 2.50. The van der Waals surface area contributed by atoms with Crippen molar-refractivity contribution in [1.29, 1.82) is 0 Å². The summed E-state index contributed by atoms with van der Waals surface area (Å²) in [7, 11) is 0. The molecule has 0 nitrogen and oxygen atoms in total. The second-order valence-electron chi connectivity index (χ2n) is 15.5. The van der Waals surface area contributed by atoms with E-state index in [0.29, 0.717) is 0 Å². The van der Waals surface area contributed by atoms with Gasteiger partial charge >= 0.3 is 0 Å². The van der Waals surface area contributed by atoms with Gasteiger partial charge in [-0.3, -0.25) is 0 Å². The molecule has 0 radical (unpaired) electrons. The van der Waals surface area contributed by atoms with E-state index in [1.807, 2.05) is 11.8 Å². The smallest absolute Gasteiger partial charge is 0.0200 e. The molecule has 58 heavy (non-hydrogen) atoms. The largest absolute Gasteiger partial charge is 0.0895 e. The third-order valence-corrected chi connectivity index (χ3v) is 13.2. The van der Waals surface area contributed by atoms with Gasteiger partial charge < -0.3 is 0 Å². The van der Waals surface area contributed by atoms with Crippen LogP contribution in [0.3, 0.4) is 0 Å². The molecule has 0 atom stereocenters. The van der Waals surface area contributed by atoms with Crippen molar-refractivity contribution in [3.05, 3.63) is 240 Å². The fourth-order valence-corrected chi connectivity index (χ4v) is 10.4. The average molecular weight is 757 g/mol. The molecule has 0 saturated heterocycles. The van der Waals surface area contributed by atoms with Crippen molar-refractivity contribution in [2.75, 3.05) is 0 Å². The lowest BCUT2D eigenvalue weighted by Crippen LogP contribution is -1.97. The quantitative estimate of drug-likeness (QED) is 0.149. The second-order valence-corrected chi connectivity index (χ2v) is 16.6. The average Bonchev–Trinajstić information content (AvgIpc) is 3.87. The molecular weight excluding hydrogens is 717 g/mol. The number of hydrogen-bond donors (Lipinski definition) is 0. The summed E-state index contributed by atoms with van der Waals surface area (Å²) in [5, 5.41) is 0. The van der Waals surface area contributed by atoms with Gasteiger partial charge in [-0.1, -0.05) is 194 Å². The highest BCUT2D eigenvalue weighted by atomic mass is 32.2. The molecule has 0 aromatic heterocycles. The summed E-state index contributed by atoms with van der Waals surface area (Å²) in [5.74, 6) is 0. The normalized spacial score (nSPS) is 12.1. The van der Waals surface area contributed by atoms with Gasteiger partial charge in [-0.2, -0.15) is 0 Å². The van der Waals surface area contributed by atoms with Crippen LogP contribution in [0.4, 0.5) is 0 Å². The van der Waals surface area contributed by atoms with Gasteiger partial charge in [0.2, 0.25) is 0 Å². The minimum absolute atomic E-state index is 0.927. The van der Waals surface area contributed by atoms with Crippen molar-refractivity contribution in [3.63, 3.8) is 0 Å². The van der Waals surface area contributed by atoms with Gasteiger partial charge in [0.15, 0.2) is 0 Å².